The predicted molar refractivity (Wildman–Crippen MR) is 190 cm³/mol. The maximum absolute atomic E-state index is 15.0. The molecule has 9 nitrogen and oxygen atoms in total. The highest BCUT2D eigenvalue weighted by Crippen LogP contribution is 2.56. The highest BCUT2D eigenvalue weighted by atomic mass is 35.5. The van der Waals surface area contributed by atoms with Gasteiger partial charge >= 0.3 is 12.1 Å². The Balaban J connectivity index is 1.21. The third-order valence-corrected chi connectivity index (χ3v) is 12.7. The number of piperazine rings is 1. The van der Waals surface area contributed by atoms with Gasteiger partial charge in [-0.2, -0.15) is 13.2 Å². The summed E-state index contributed by atoms with van der Waals surface area (Å²) in [5.74, 6) is -3.31. The number of aromatic nitrogens is 1. The van der Waals surface area contributed by atoms with Crippen molar-refractivity contribution in [3.8, 4) is 0 Å². The number of likely N-dealkylation sites (tertiary alicyclic amines) is 1. The first-order chi connectivity index (χ1) is 24.5. The fraction of sp³-hybridized carbons (Fsp3) is 0.528. The van der Waals surface area contributed by atoms with Gasteiger partial charge in [-0.3, -0.25) is 14.4 Å². The van der Waals surface area contributed by atoms with Crippen molar-refractivity contribution in [1.82, 2.24) is 24.6 Å². The van der Waals surface area contributed by atoms with E-state index >= 15 is 4.39 Å². The number of rotatable bonds is 6. The van der Waals surface area contributed by atoms with Gasteiger partial charge in [-0.1, -0.05) is 56.1 Å². The van der Waals surface area contributed by atoms with Crippen LogP contribution < -0.4 is 0 Å². The Morgan fingerprint density at radius 2 is 1.83 bits per heavy atom. The van der Waals surface area contributed by atoms with E-state index in [0.717, 1.165) is 10.5 Å². The van der Waals surface area contributed by atoms with E-state index in [2.05, 4.69) is 4.98 Å². The van der Waals surface area contributed by atoms with Crippen LogP contribution in [-0.2, 0) is 19.9 Å². The number of hydrogen-bond acceptors (Lipinski definition) is 7. The predicted octanol–water partition coefficient (Wildman–Crippen LogP) is 7.31. The van der Waals surface area contributed by atoms with E-state index in [-0.39, 0.29) is 35.8 Å². The number of allylic oxidation sites excluding steroid dienone is 1. The number of amides is 3. The number of benzene rings is 1. The summed E-state index contributed by atoms with van der Waals surface area (Å²) in [7, 11) is 0. The van der Waals surface area contributed by atoms with Gasteiger partial charge in [0.05, 0.1) is 16.6 Å². The Bertz CT molecular complexity index is 1890. The summed E-state index contributed by atoms with van der Waals surface area (Å²) < 4.78 is 55.6. The molecule has 2 unspecified atom stereocenters. The number of carbonyl (C=O) groups is 3. The first kappa shape index (κ1) is 37.0. The lowest BCUT2D eigenvalue weighted by Gasteiger charge is -2.48. The molecule has 1 saturated carbocycles. The van der Waals surface area contributed by atoms with E-state index in [0.29, 0.717) is 65.1 Å². The van der Waals surface area contributed by atoms with E-state index in [1.807, 2.05) is 31.7 Å². The normalized spacial score (nSPS) is 26.8. The Morgan fingerprint density at radius 1 is 1.10 bits per heavy atom. The van der Waals surface area contributed by atoms with Crippen molar-refractivity contribution in [2.75, 3.05) is 19.6 Å². The third kappa shape index (κ3) is 6.06. The Kier molecular flexibility index (Phi) is 9.38. The molecule has 1 aromatic carbocycles. The van der Waals surface area contributed by atoms with Crippen LogP contribution >= 0.6 is 35.0 Å². The minimum Gasteiger partial charge on any atom is -0.334 e. The Morgan fingerprint density at radius 3 is 2.42 bits per heavy atom. The van der Waals surface area contributed by atoms with Crippen molar-refractivity contribution >= 4 is 57.9 Å². The van der Waals surface area contributed by atoms with Crippen molar-refractivity contribution < 1.29 is 31.9 Å². The van der Waals surface area contributed by atoms with Crippen molar-refractivity contribution in [2.45, 2.75) is 95.2 Å². The van der Waals surface area contributed by atoms with E-state index < -0.39 is 47.1 Å². The maximum Gasteiger partial charge on any atom is 0.471 e. The van der Waals surface area contributed by atoms with Gasteiger partial charge in [-0.05, 0) is 80.5 Å². The Labute approximate surface area is 313 Å². The fourth-order valence-electron chi connectivity index (χ4n) is 8.24. The summed E-state index contributed by atoms with van der Waals surface area (Å²) in [5.41, 5.74) is -0.00808. The molecule has 5 aliphatic rings. The number of alkyl halides is 3. The number of thioether (sulfide) groups is 1. The number of fused-ring (bicyclic) bond motifs is 1. The van der Waals surface area contributed by atoms with Crippen LogP contribution in [-0.4, -0.2) is 90.9 Å². The molecule has 1 aliphatic carbocycles. The monoisotopic (exact) mass is 780 g/mol. The molecular weight excluding hydrogens is 743 g/mol. The minimum absolute atomic E-state index is 0.00142. The average Bonchev–Trinajstić information content (AvgIpc) is 3.40. The van der Waals surface area contributed by atoms with Crippen LogP contribution in [0.2, 0.25) is 10.2 Å². The SMILES string of the molecule is CCC1CN(C(=O)C(F)(F)F)C2(CC2)CN1C(=O)C1CCCN1C(=O)C1=C(C(C)C)N2C(=N[C@@](C)(c3ccc(Cl)nc3)[C@H]2c2ccc(Cl)c(F)c2)S1. The van der Waals surface area contributed by atoms with Gasteiger partial charge in [0.2, 0.25) is 5.91 Å². The van der Waals surface area contributed by atoms with Gasteiger partial charge in [0.1, 0.15) is 27.5 Å². The van der Waals surface area contributed by atoms with Gasteiger partial charge in [0.15, 0.2) is 5.17 Å². The van der Waals surface area contributed by atoms with Crippen LogP contribution in [0.5, 0.6) is 0 Å². The number of amidine groups is 1. The number of hydrogen-bond donors (Lipinski definition) is 0. The van der Waals surface area contributed by atoms with Crippen molar-refractivity contribution in [2.24, 2.45) is 10.9 Å². The van der Waals surface area contributed by atoms with Crippen LogP contribution in [0.4, 0.5) is 17.6 Å². The highest BCUT2D eigenvalue weighted by Gasteiger charge is 2.61. The molecule has 0 radical (unpaired) electrons. The van der Waals surface area contributed by atoms with E-state index in [1.54, 1.807) is 35.1 Å². The van der Waals surface area contributed by atoms with Gasteiger partial charge in [-0.15, -0.1) is 0 Å². The second kappa shape index (κ2) is 13.2. The molecule has 2 saturated heterocycles. The van der Waals surface area contributed by atoms with Gasteiger partial charge < -0.3 is 19.6 Å². The quantitative estimate of drug-likeness (QED) is 0.226. The molecule has 3 fully saturated rings. The standard InChI is InChI=1S/C36H38Cl2F4N6O3S/c1-5-22-17-47(32(51)36(40,41)42)35(12-13-35)18-46(22)30(49)25-7-6-14-45(25)31(50)28-27(19(2)3)48-29(20-8-10-23(37)24(39)15-20)34(4,44-33(48)52-28)21-9-11-26(38)43-16-21/h8-11,15-16,19,22,25,29H,5-7,12-14,17-18H2,1-4H3/t22?,25?,29-,34+/m1/s1. The molecule has 5 heterocycles. The zero-order valence-corrected chi connectivity index (χ0v) is 31.3. The molecule has 0 bridgehead atoms. The molecule has 2 aromatic rings. The molecule has 16 heteroatoms. The molecule has 0 N–H and O–H groups in total. The second-order valence-electron chi connectivity index (χ2n) is 14.7. The lowest BCUT2D eigenvalue weighted by atomic mass is 9.81. The molecule has 52 heavy (non-hydrogen) atoms. The molecule has 7 rings (SSSR count). The topological polar surface area (TPSA) is 89.4 Å². The van der Waals surface area contributed by atoms with Crippen molar-refractivity contribution in [3.63, 3.8) is 0 Å². The lowest BCUT2D eigenvalue weighted by Crippen LogP contribution is -2.66. The molecule has 1 spiro atoms. The first-order valence-corrected chi connectivity index (χ1v) is 19.0. The fourth-order valence-corrected chi connectivity index (χ4v) is 9.84. The molecule has 3 amide bonds. The van der Waals surface area contributed by atoms with Gasteiger partial charge in [-0.25, -0.2) is 14.4 Å². The molecule has 278 valence electrons. The minimum atomic E-state index is -5.00. The van der Waals surface area contributed by atoms with Crippen LogP contribution in [0.3, 0.4) is 0 Å². The molecule has 1 aromatic heterocycles. The van der Waals surface area contributed by atoms with Crippen LogP contribution in [0.25, 0.3) is 0 Å². The largest absolute Gasteiger partial charge is 0.471 e. The molecule has 4 aliphatic heterocycles. The Hall–Kier alpha value is -3.36. The van der Waals surface area contributed by atoms with Gasteiger partial charge in [0, 0.05) is 43.1 Å². The van der Waals surface area contributed by atoms with Crippen molar-refractivity contribution in [3.05, 3.63) is 74.3 Å². The second-order valence-corrected chi connectivity index (χ2v) is 16.4. The van der Waals surface area contributed by atoms with Crippen molar-refractivity contribution in [1.29, 1.82) is 0 Å². The number of nitrogens with zero attached hydrogens (tertiary/aromatic N) is 6. The summed E-state index contributed by atoms with van der Waals surface area (Å²) in [6, 6.07) is 6.08. The average molecular weight is 782 g/mol. The summed E-state index contributed by atoms with van der Waals surface area (Å²) in [6.45, 7) is 7.74. The zero-order valence-electron chi connectivity index (χ0n) is 29.0. The summed E-state index contributed by atoms with van der Waals surface area (Å²) >= 11 is 13.4. The molecular formula is C36H38Cl2F4N6O3S. The number of halogens is 6. The number of pyridine rings is 1. The maximum atomic E-state index is 15.0. The smallest absolute Gasteiger partial charge is 0.334 e. The van der Waals surface area contributed by atoms with Gasteiger partial charge in [0.25, 0.3) is 5.91 Å². The highest BCUT2D eigenvalue weighted by molar-refractivity contribution is 8.18. The van der Waals surface area contributed by atoms with Crippen LogP contribution in [0, 0.1) is 11.7 Å². The number of carbonyl (C=O) groups excluding carboxylic acids is 3. The lowest BCUT2D eigenvalue weighted by molar-refractivity contribution is -0.193. The van der Waals surface area contributed by atoms with E-state index in [1.165, 1.54) is 23.9 Å². The molecule has 4 atom stereocenters. The summed E-state index contributed by atoms with van der Waals surface area (Å²) in [5, 5.41) is 0.820. The van der Waals surface area contributed by atoms with E-state index in [4.69, 9.17) is 28.2 Å². The number of aliphatic imine (C=N–C) groups is 1. The first-order valence-electron chi connectivity index (χ1n) is 17.4. The van der Waals surface area contributed by atoms with Crippen LogP contribution in [0.1, 0.15) is 77.0 Å². The zero-order chi connectivity index (χ0) is 37.5. The third-order valence-electron chi connectivity index (χ3n) is 11.1. The van der Waals surface area contributed by atoms with Crippen LogP contribution in [0.15, 0.2) is 52.1 Å². The summed E-state index contributed by atoms with van der Waals surface area (Å²) in [6.07, 6.45) is -1.27. The summed E-state index contributed by atoms with van der Waals surface area (Å²) in [4.78, 5) is 57.3. The van der Waals surface area contributed by atoms with E-state index in [9.17, 15) is 27.6 Å².